The topological polar surface area (TPSA) is 85.9 Å². The molecule has 0 aliphatic heterocycles. The van der Waals surface area contributed by atoms with Crippen molar-refractivity contribution in [2.24, 2.45) is 0 Å². The summed E-state index contributed by atoms with van der Waals surface area (Å²) in [6.45, 7) is 1.45. The van der Waals surface area contributed by atoms with Gasteiger partial charge in [-0.05, 0) is 43.2 Å². The van der Waals surface area contributed by atoms with Crippen LogP contribution in [0.1, 0.15) is 18.9 Å². The van der Waals surface area contributed by atoms with E-state index in [1.54, 1.807) is 38.5 Å². The van der Waals surface area contributed by atoms with E-state index in [2.05, 4.69) is 10.9 Å². The quantitative estimate of drug-likeness (QED) is 0.676. The molecule has 0 fully saturated rings. The van der Waals surface area contributed by atoms with Crippen LogP contribution in [0.2, 0.25) is 0 Å². The van der Waals surface area contributed by atoms with Crippen LogP contribution in [0.25, 0.3) is 0 Å². The standard InChI is InChI=1S/C20H23FN2O5/c1-13(28-18-7-5-4-6-17(18)21)20(25)23-22-19(24)9-8-14-10-15(26-2)12-16(11-14)27-3/h4-7,10-13H,8-9H2,1-3H3,(H,22,24)(H,23,25). The van der Waals surface area contributed by atoms with E-state index < -0.39 is 17.8 Å². The summed E-state index contributed by atoms with van der Waals surface area (Å²) in [5, 5.41) is 0. The lowest BCUT2D eigenvalue weighted by Crippen LogP contribution is -2.47. The number of aryl methyl sites for hydroxylation is 1. The zero-order chi connectivity index (χ0) is 20.5. The number of halogens is 1. The molecule has 8 heteroatoms. The molecule has 0 saturated carbocycles. The van der Waals surface area contributed by atoms with Crippen molar-refractivity contribution in [3.05, 3.63) is 53.8 Å². The molecule has 2 aromatic carbocycles. The van der Waals surface area contributed by atoms with Crippen molar-refractivity contribution in [2.75, 3.05) is 14.2 Å². The highest BCUT2D eigenvalue weighted by atomic mass is 19.1. The van der Waals surface area contributed by atoms with Crippen molar-refractivity contribution in [1.82, 2.24) is 10.9 Å². The summed E-state index contributed by atoms with van der Waals surface area (Å²) in [4.78, 5) is 24.0. The zero-order valence-corrected chi connectivity index (χ0v) is 16.0. The third-order valence-corrected chi connectivity index (χ3v) is 3.89. The first kappa shape index (κ1) is 21.0. The number of hydrazine groups is 1. The molecule has 0 aliphatic rings. The second-order valence-electron chi connectivity index (χ2n) is 5.95. The molecular weight excluding hydrogens is 367 g/mol. The third-order valence-electron chi connectivity index (χ3n) is 3.89. The third kappa shape index (κ3) is 6.15. The van der Waals surface area contributed by atoms with Gasteiger partial charge in [0.25, 0.3) is 5.91 Å². The van der Waals surface area contributed by atoms with Crippen LogP contribution < -0.4 is 25.1 Å². The van der Waals surface area contributed by atoms with E-state index in [1.807, 2.05) is 0 Å². The van der Waals surface area contributed by atoms with E-state index in [1.165, 1.54) is 25.1 Å². The van der Waals surface area contributed by atoms with Crippen LogP contribution in [0.4, 0.5) is 4.39 Å². The second kappa shape index (κ2) is 10.1. The Balaban J connectivity index is 1.80. The molecule has 1 unspecified atom stereocenters. The van der Waals surface area contributed by atoms with Gasteiger partial charge in [0.05, 0.1) is 14.2 Å². The van der Waals surface area contributed by atoms with Gasteiger partial charge in [-0.15, -0.1) is 0 Å². The van der Waals surface area contributed by atoms with Crippen molar-refractivity contribution in [3.63, 3.8) is 0 Å². The Morgan fingerprint density at radius 1 is 1.04 bits per heavy atom. The largest absolute Gasteiger partial charge is 0.497 e. The van der Waals surface area contributed by atoms with Gasteiger partial charge in [-0.25, -0.2) is 4.39 Å². The van der Waals surface area contributed by atoms with Crippen LogP contribution in [0.15, 0.2) is 42.5 Å². The number of amides is 2. The fraction of sp³-hybridized carbons (Fsp3) is 0.300. The molecule has 0 saturated heterocycles. The molecule has 150 valence electrons. The van der Waals surface area contributed by atoms with Gasteiger partial charge in [0, 0.05) is 12.5 Å². The Morgan fingerprint density at radius 2 is 1.68 bits per heavy atom. The van der Waals surface area contributed by atoms with Gasteiger partial charge < -0.3 is 14.2 Å². The van der Waals surface area contributed by atoms with Crippen LogP contribution in [0.5, 0.6) is 17.2 Å². The molecule has 0 bridgehead atoms. The molecule has 2 aromatic rings. The molecule has 0 aromatic heterocycles. The predicted molar refractivity (Wildman–Crippen MR) is 101 cm³/mol. The maximum Gasteiger partial charge on any atom is 0.279 e. The van der Waals surface area contributed by atoms with E-state index in [9.17, 15) is 14.0 Å². The highest BCUT2D eigenvalue weighted by molar-refractivity contribution is 5.84. The maximum absolute atomic E-state index is 13.6. The molecule has 0 heterocycles. The van der Waals surface area contributed by atoms with Gasteiger partial charge in [-0.2, -0.15) is 0 Å². The van der Waals surface area contributed by atoms with Gasteiger partial charge in [-0.1, -0.05) is 12.1 Å². The normalized spacial score (nSPS) is 11.3. The molecule has 2 N–H and O–H groups in total. The highest BCUT2D eigenvalue weighted by Gasteiger charge is 2.17. The number of carbonyl (C=O) groups excluding carboxylic acids is 2. The molecular formula is C20H23FN2O5. The lowest BCUT2D eigenvalue weighted by atomic mass is 10.1. The fourth-order valence-corrected chi connectivity index (χ4v) is 2.35. The van der Waals surface area contributed by atoms with Crippen molar-refractivity contribution in [3.8, 4) is 17.2 Å². The minimum absolute atomic E-state index is 0.0385. The lowest BCUT2D eigenvalue weighted by molar-refractivity contribution is -0.132. The Morgan fingerprint density at radius 3 is 2.29 bits per heavy atom. The SMILES string of the molecule is COc1cc(CCC(=O)NNC(=O)C(C)Oc2ccccc2F)cc(OC)c1. The summed E-state index contributed by atoms with van der Waals surface area (Å²) in [6, 6.07) is 11.1. The number of ether oxygens (including phenoxy) is 3. The van der Waals surface area contributed by atoms with Crippen molar-refractivity contribution in [2.45, 2.75) is 25.9 Å². The zero-order valence-electron chi connectivity index (χ0n) is 16.0. The summed E-state index contributed by atoms with van der Waals surface area (Å²) in [5.74, 6) is -0.333. The number of rotatable bonds is 8. The first-order valence-corrected chi connectivity index (χ1v) is 8.64. The Labute approximate surface area is 162 Å². The van der Waals surface area contributed by atoms with Crippen molar-refractivity contribution < 1.29 is 28.2 Å². The number of methoxy groups -OCH3 is 2. The summed E-state index contributed by atoms with van der Waals surface area (Å²) in [5.41, 5.74) is 5.44. The van der Waals surface area contributed by atoms with E-state index >= 15 is 0 Å². The highest BCUT2D eigenvalue weighted by Crippen LogP contribution is 2.23. The molecule has 0 spiro atoms. The maximum atomic E-state index is 13.6. The average Bonchev–Trinajstić information content (AvgIpc) is 2.71. The first-order chi connectivity index (χ1) is 13.4. The smallest absolute Gasteiger partial charge is 0.279 e. The van der Waals surface area contributed by atoms with Gasteiger partial charge in [0.15, 0.2) is 17.7 Å². The number of carbonyl (C=O) groups is 2. The number of para-hydroxylation sites is 1. The van der Waals surface area contributed by atoms with E-state index in [0.717, 1.165) is 5.56 Å². The molecule has 7 nitrogen and oxygen atoms in total. The number of nitrogens with one attached hydrogen (secondary N) is 2. The summed E-state index contributed by atoms with van der Waals surface area (Å²) in [7, 11) is 3.09. The van der Waals surface area contributed by atoms with Crippen LogP contribution in [0, 0.1) is 5.82 Å². The summed E-state index contributed by atoms with van der Waals surface area (Å²) in [6.07, 6.45) is -0.421. The number of hydrogen-bond acceptors (Lipinski definition) is 5. The number of benzene rings is 2. The van der Waals surface area contributed by atoms with E-state index in [0.29, 0.717) is 17.9 Å². The minimum atomic E-state index is -0.986. The molecule has 0 aliphatic carbocycles. The lowest BCUT2D eigenvalue weighted by Gasteiger charge is -2.15. The molecule has 2 rings (SSSR count). The van der Waals surface area contributed by atoms with Crippen molar-refractivity contribution >= 4 is 11.8 Å². The molecule has 1 atom stereocenters. The van der Waals surface area contributed by atoms with Gasteiger partial charge >= 0.3 is 0 Å². The van der Waals surface area contributed by atoms with Crippen LogP contribution in [0.3, 0.4) is 0 Å². The molecule has 28 heavy (non-hydrogen) atoms. The minimum Gasteiger partial charge on any atom is -0.497 e. The Bertz CT molecular complexity index is 806. The van der Waals surface area contributed by atoms with Crippen LogP contribution in [-0.4, -0.2) is 32.1 Å². The van der Waals surface area contributed by atoms with Crippen molar-refractivity contribution in [1.29, 1.82) is 0 Å². The average molecular weight is 390 g/mol. The Kier molecular flexibility index (Phi) is 7.62. The van der Waals surface area contributed by atoms with Gasteiger partial charge in [0.2, 0.25) is 5.91 Å². The second-order valence-corrected chi connectivity index (χ2v) is 5.95. The summed E-state index contributed by atoms with van der Waals surface area (Å²) < 4.78 is 29.2. The van der Waals surface area contributed by atoms with E-state index in [-0.39, 0.29) is 18.1 Å². The van der Waals surface area contributed by atoms with Gasteiger partial charge in [-0.3, -0.25) is 20.4 Å². The predicted octanol–water partition coefficient (Wildman–Crippen LogP) is 2.39. The van der Waals surface area contributed by atoms with Gasteiger partial charge in [0.1, 0.15) is 11.5 Å². The van der Waals surface area contributed by atoms with E-state index in [4.69, 9.17) is 14.2 Å². The molecule has 2 amide bonds. The number of hydrogen-bond donors (Lipinski definition) is 2. The fourth-order valence-electron chi connectivity index (χ4n) is 2.35. The first-order valence-electron chi connectivity index (χ1n) is 8.64. The van der Waals surface area contributed by atoms with Crippen LogP contribution in [-0.2, 0) is 16.0 Å². The summed E-state index contributed by atoms with van der Waals surface area (Å²) >= 11 is 0. The molecule has 0 radical (unpaired) electrons. The van der Waals surface area contributed by atoms with Crippen LogP contribution >= 0.6 is 0 Å². The Hall–Kier alpha value is -3.29. The monoisotopic (exact) mass is 390 g/mol.